The predicted molar refractivity (Wildman–Crippen MR) is 92.7 cm³/mol. The standard InChI is InChI=1S/C16H16Cl2N2O3/c1-2-19(13-5-7-14(8-6-13)20(21)22)16(11-17)23-15-9-3-12(18)4-10-15/h3-10,16H,2,11H2,1H3. The van der Waals surface area contributed by atoms with Gasteiger partial charge in [0.15, 0.2) is 6.23 Å². The predicted octanol–water partition coefficient (Wildman–Crippen LogP) is 4.72. The van der Waals surface area contributed by atoms with E-state index in [1.807, 2.05) is 11.8 Å². The number of ether oxygens (including phenoxy) is 1. The molecule has 1 unspecified atom stereocenters. The third-order valence-corrected chi connectivity index (χ3v) is 3.81. The molecule has 0 heterocycles. The molecule has 122 valence electrons. The van der Waals surface area contributed by atoms with Gasteiger partial charge in [-0.05, 0) is 43.3 Å². The number of hydrogen-bond acceptors (Lipinski definition) is 4. The van der Waals surface area contributed by atoms with Crippen molar-refractivity contribution in [3.05, 3.63) is 63.7 Å². The number of rotatable bonds is 7. The van der Waals surface area contributed by atoms with E-state index < -0.39 is 11.2 Å². The number of anilines is 1. The molecule has 0 aromatic heterocycles. The van der Waals surface area contributed by atoms with Crippen LogP contribution >= 0.6 is 23.2 Å². The number of alkyl halides is 1. The molecule has 0 amide bonds. The highest BCUT2D eigenvalue weighted by Crippen LogP contribution is 2.24. The van der Waals surface area contributed by atoms with E-state index in [0.717, 1.165) is 5.69 Å². The first-order valence-electron chi connectivity index (χ1n) is 7.04. The number of non-ortho nitro benzene ring substituents is 1. The van der Waals surface area contributed by atoms with Crippen molar-refractivity contribution in [2.24, 2.45) is 0 Å². The van der Waals surface area contributed by atoms with Gasteiger partial charge in [-0.15, -0.1) is 11.6 Å². The smallest absolute Gasteiger partial charge is 0.269 e. The zero-order valence-electron chi connectivity index (χ0n) is 12.5. The fourth-order valence-corrected chi connectivity index (χ4v) is 2.52. The van der Waals surface area contributed by atoms with Gasteiger partial charge in [-0.1, -0.05) is 11.6 Å². The molecule has 5 nitrogen and oxygen atoms in total. The molecule has 0 aliphatic rings. The monoisotopic (exact) mass is 354 g/mol. The molecule has 0 saturated heterocycles. The van der Waals surface area contributed by atoms with Gasteiger partial charge in [-0.2, -0.15) is 0 Å². The molecule has 0 aliphatic heterocycles. The maximum Gasteiger partial charge on any atom is 0.269 e. The lowest BCUT2D eigenvalue weighted by Crippen LogP contribution is -2.41. The Morgan fingerprint density at radius 3 is 2.26 bits per heavy atom. The quantitative estimate of drug-likeness (QED) is 0.312. The Hall–Kier alpha value is -1.98. The Kier molecular flexibility index (Phi) is 6.07. The van der Waals surface area contributed by atoms with Crippen LogP contribution in [0.2, 0.25) is 5.02 Å². The van der Waals surface area contributed by atoms with E-state index in [9.17, 15) is 10.1 Å². The van der Waals surface area contributed by atoms with Crippen LogP contribution in [0, 0.1) is 10.1 Å². The first kappa shape index (κ1) is 17.4. The van der Waals surface area contributed by atoms with Crippen molar-refractivity contribution in [1.82, 2.24) is 0 Å². The van der Waals surface area contributed by atoms with E-state index in [4.69, 9.17) is 27.9 Å². The van der Waals surface area contributed by atoms with Crippen LogP contribution in [-0.4, -0.2) is 23.6 Å². The van der Waals surface area contributed by atoms with Crippen LogP contribution in [0.4, 0.5) is 11.4 Å². The zero-order chi connectivity index (χ0) is 16.8. The van der Waals surface area contributed by atoms with Crippen LogP contribution in [0.5, 0.6) is 5.75 Å². The van der Waals surface area contributed by atoms with Crippen molar-refractivity contribution in [3.63, 3.8) is 0 Å². The molecular weight excluding hydrogens is 339 g/mol. The van der Waals surface area contributed by atoms with E-state index >= 15 is 0 Å². The minimum atomic E-state index is -0.427. The molecule has 7 heteroatoms. The van der Waals surface area contributed by atoms with Crippen molar-refractivity contribution in [1.29, 1.82) is 0 Å². The lowest BCUT2D eigenvalue weighted by atomic mass is 10.2. The summed E-state index contributed by atoms with van der Waals surface area (Å²) < 4.78 is 5.91. The molecule has 0 N–H and O–H groups in total. The highest BCUT2D eigenvalue weighted by atomic mass is 35.5. The Balaban J connectivity index is 2.18. The van der Waals surface area contributed by atoms with E-state index in [2.05, 4.69) is 0 Å². The third-order valence-electron chi connectivity index (χ3n) is 3.30. The van der Waals surface area contributed by atoms with Gasteiger partial charge in [-0.25, -0.2) is 0 Å². The van der Waals surface area contributed by atoms with Crippen LogP contribution in [0.1, 0.15) is 6.92 Å². The second-order valence-electron chi connectivity index (χ2n) is 4.74. The molecule has 0 saturated carbocycles. The fraction of sp³-hybridized carbons (Fsp3) is 0.250. The van der Waals surface area contributed by atoms with Crippen LogP contribution < -0.4 is 9.64 Å². The van der Waals surface area contributed by atoms with Crippen molar-refractivity contribution in [2.45, 2.75) is 13.2 Å². The Morgan fingerprint density at radius 2 is 1.78 bits per heavy atom. The third kappa shape index (κ3) is 4.50. The first-order chi connectivity index (χ1) is 11.0. The van der Waals surface area contributed by atoms with Gasteiger partial charge in [0.2, 0.25) is 0 Å². The molecular formula is C16H16Cl2N2O3. The number of nitrogens with zero attached hydrogens (tertiary/aromatic N) is 2. The van der Waals surface area contributed by atoms with Gasteiger partial charge in [0.1, 0.15) is 5.75 Å². The van der Waals surface area contributed by atoms with E-state index in [1.54, 1.807) is 36.4 Å². The molecule has 0 radical (unpaired) electrons. The molecule has 0 fully saturated rings. The van der Waals surface area contributed by atoms with Gasteiger partial charge < -0.3 is 9.64 Å². The number of nitro benzene ring substituents is 1. The molecule has 1 atom stereocenters. The molecule has 2 aromatic rings. The van der Waals surface area contributed by atoms with E-state index in [0.29, 0.717) is 17.3 Å². The minimum Gasteiger partial charge on any atom is -0.469 e. The summed E-state index contributed by atoms with van der Waals surface area (Å²) in [4.78, 5) is 12.3. The molecule has 0 bridgehead atoms. The van der Waals surface area contributed by atoms with Gasteiger partial charge in [0, 0.05) is 29.4 Å². The second-order valence-corrected chi connectivity index (χ2v) is 5.49. The largest absolute Gasteiger partial charge is 0.469 e. The maximum atomic E-state index is 10.7. The lowest BCUT2D eigenvalue weighted by Gasteiger charge is -2.31. The van der Waals surface area contributed by atoms with Crippen LogP contribution in [-0.2, 0) is 0 Å². The maximum absolute atomic E-state index is 10.7. The Morgan fingerprint density at radius 1 is 1.17 bits per heavy atom. The van der Waals surface area contributed by atoms with Crippen molar-refractivity contribution in [2.75, 3.05) is 17.3 Å². The molecule has 0 aliphatic carbocycles. The topological polar surface area (TPSA) is 55.6 Å². The minimum absolute atomic E-state index is 0.0471. The van der Waals surface area contributed by atoms with Gasteiger partial charge in [0.05, 0.1) is 10.8 Å². The summed E-state index contributed by atoms with van der Waals surface area (Å²) in [7, 11) is 0. The van der Waals surface area contributed by atoms with Gasteiger partial charge in [0.25, 0.3) is 5.69 Å². The molecule has 23 heavy (non-hydrogen) atoms. The SMILES string of the molecule is CCN(c1ccc([N+](=O)[O-])cc1)C(CCl)Oc1ccc(Cl)cc1. The van der Waals surface area contributed by atoms with Gasteiger partial charge in [-0.3, -0.25) is 10.1 Å². The second kappa shape index (κ2) is 8.04. The van der Waals surface area contributed by atoms with E-state index in [-0.39, 0.29) is 11.6 Å². The lowest BCUT2D eigenvalue weighted by molar-refractivity contribution is -0.384. The Labute approximate surface area is 144 Å². The summed E-state index contributed by atoms with van der Waals surface area (Å²) in [5.41, 5.74) is 0.851. The highest BCUT2D eigenvalue weighted by Gasteiger charge is 2.19. The van der Waals surface area contributed by atoms with Crippen molar-refractivity contribution >= 4 is 34.6 Å². The Bertz CT molecular complexity index is 647. The summed E-state index contributed by atoms with van der Waals surface area (Å²) >= 11 is 11.9. The summed E-state index contributed by atoms with van der Waals surface area (Å²) in [6.45, 7) is 2.61. The summed E-state index contributed by atoms with van der Waals surface area (Å²) in [6.07, 6.45) is -0.399. The highest BCUT2D eigenvalue weighted by molar-refractivity contribution is 6.30. The molecule has 0 spiro atoms. The van der Waals surface area contributed by atoms with Crippen molar-refractivity contribution < 1.29 is 9.66 Å². The summed E-state index contributed by atoms with van der Waals surface area (Å²) in [6, 6.07) is 13.3. The average molecular weight is 355 g/mol. The van der Waals surface area contributed by atoms with Crippen LogP contribution in [0.3, 0.4) is 0 Å². The molecule has 2 rings (SSSR count). The summed E-state index contributed by atoms with van der Waals surface area (Å²) in [5, 5.41) is 11.4. The number of hydrogen-bond donors (Lipinski definition) is 0. The number of benzene rings is 2. The van der Waals surface area contributed by atoms with Crippen molar-refractivity contribution in [3.8, 4) is 5.75 Å². The van der Waals surface area contributed by atoms with Gasteiger partial charge >= 0.3 is 0 Å². The van der Waals surface area contributed by atoms with E-state index in [1.165, 1.54) is 12.1 Å². The molecule has 2 aromatic carbocycles. The van der Waals surface area contributed by atoms with Crippen LogP contribution in [0.25, 0.3) is 0 Å². The summed E-state index contributed by atoms with van der Waals surface area (Å²) in [5.74, 6) is 0.897. The normalized spacial score (nSPS) is 11.8. The zero-order valence-corrected chi connectivity index (χ0v) is 14.0. The number of nitro groups is 1. The van der Waals surface area contributed by atoms with Crippen LogP contribution in [0.15, 0.2) is 48.5 Å². The average Bonchev–Trinajstić information content (AvgIpc) is 2.57. The fourth-order valence-electron chi connectivity index (χ4n) is 2.17. The number of halogens is 2. The first-order valence-corrected chi connectivity index (χ1v) is 7.95.